The Morgan fingerprint density at radius 2 is 1.83 bits per heavy atom. The Bertz CT molecular complexity index is 746. The molecule has 1 aromatic carbocycles. The minimum absolute atomic E-state index is 0.0204. The molecule has 0 radical (unpaired) electrons. The van der Waals surface area contributed by atoms with Crippen molar-refractivity contribution in [1.29, 1.82) is 0 Å². The second-order valence-electron chi connectivity index (χ2n) is 7.84. The van der Waals surface area contributed by atoms with Crippen LogP contribution in [0.2, 0.25) is 0 Å². The molecule has 158 valence electrons. The Morgan fingerprint density at radius 3 is 2.55 bits per heavy atom. The summed E-state index contributed by atoms with van der Waals surface area (Å²) in [5, 5.41) is 5.38. The van der Waals surface area contributed by atoms with Crippen LogP contribution in [-0.2, 0) is 14.4 Å². The average molecular weight is 402 g/mol. The number of nitrogens with one attached hydrogen (secondary N) is 2. The van der Waals surface area contributed by atoms with Crippen LogP contribution >= 0.6 is 0 Å². The highest BCUT2D eigenvalue weighted by Crippen LogP contribution is 2.33. The van der Waals surface area contributed by atoms with E-state index in [0.717, 1.165) is 38.0 Å². The van der Waals surface area contributed by atoms with Crippen LogP contribution < -0.4 is 20.3 Å². The molecule has 0 bridgehead atoms. The van der Waals surface area contributed by atoms with E-state index in [1.807, 2.05) is 47.9 Å². The lowest BCUT2D eigenvalue weighted by molar-refractivity contribution is -0.139. The van der Waals surface area contributed by atoms with Crippen molar-refractivity contribution in [2.45, 2.75) is 45.3 Å². The number of benzene rings is 1. The average Bonchev–Trinajstić information content (AvgIpc) is 2.72. The SMILES string of the molecule is CC(C)NC(=O)CNC(=O)CN1C[C@@H](C(=O)N2CCCCC2)Oc2ccccc21. The highest BCUT2D eigenvalue weighted by atomic mass is 16.5. The summed E-state index contributed by atoms with van der Waals surface area (Å²) in [7, 11) is 0. The van der Waals surface area contributed by atoms with Gasteiger partial charge in [0, 0.05) is 19.1 Å². The van der Waals surface area contributed by atoms with Gasteiger partial charge in [0.05, 0.1) is 25.3 Å². The van der Waals surface area contributed by atoms with Crippen molar-refractivity contribution in [3.63, 3.8) is 0 Å². The second-order valence-corrected chi connectivity index (χ2v) is 7.84. The number of carbonyl (C=O) groups excluding carboxylic acids is 3. The Kier molecular flexibility index (Phi) is 6.95. The van der Waals surface area contributed by atoms with Gasteiger partial charge < -0.3 is 25.2 Å². The van der Waals surface area contributed by atoms with Gasteiger partial charge >= 0.3 is 0 Å². The summed E-state index contributed by atoms with van der Waals surface area (Å²) in [6.07, 6.45) is 2.54. The maximum atomic E-state index is 12.9. The number of carbonyl (C=O) groups is 3. The van der Waals surface area contributed by atoms with Crippen molar-refractivity contribution >= 4 is 23.4 Å². The molecule has 2 N–H and O–H groups in total. The summed E-state index contributed by atoms with van der Waals surface area (Å²) in [4.78, 5) is 40.8. The predicted molar refractivity (Wildman–Crippen MR) is 110 cm³/mol. The molecule has 2 heterocycles. The molecule has 3 rings (SSSR count). The minimum atomic E-state index is -0.639. The number of likely N-dealkylation sites (tertiary alicyclic amines) is 1. The Morgan fingerprint density at radius 1 is 1.10 bits per heavy atom. The number of rotatable bonds is 6. The molecule has 2 aliphatic rings. The maximum absolute atomic E-state index is 12.9. The number of hydrogen-bond acceptors (Lipinski definition) is 5. The van der Waals surface area contributed by atoms with E-state index in [2.05, 4.69) is 10.6 Å². The molecule has 1 aromatic rings. The number of nitrogens with zero attached hydrogens (tertiary/aromatic N) is 2. The molecule has 0 aromatic heterocycles. The molecule has 8 nitrogen and oxygen atoms in total. The first-order chi connectivity index (χ1) is 13.9. The number of piperidine rings is 1. The molecule has 29 heavy (non-hydrogen) atoms. The molecule has 1 saturated heterocycles. The monoisotopic (exact) mass is 402 g/mol. The van der Waals surface area contributed by atoms with Gasteiger partial charge in [0.1, 0.15) is 5.75 Å². The van der Waals surface area contributed by atoms with Crippen LogP contribution in [0.1, 0.15) is 33.1 Å². The highest BCUT2D eigenvalue weighted by Gasteiger charge is 2.34. The van der Waals surface area contributed by atoms with Crippen molar-refractivity contribution in [2.75, 3.05) is 37.6 Å². The Balaban J connectivity index is 1.64. The van der Waals surface area contributed by atoms with Gasteiger partial charge in [-0.1, -0.05) is 12.1 Å². The van der Waals surface area contributed by atoms with Crippen molar-refractivity contribution < 1.29 is 19.1 Å². The van der Waals surface area contributed by atoms with E-state index in [1.54, 1.807) is 0 Å². The molecule has 0 aliphatic carbocycles. The third kappa shape index (κ3) is 5.62. The Hall–Kier alpha value is -2.77. The third-order valence-electron chi connectivity index (χ3n) is 5.03. The molecule has 0 unspecified atom stereocenters. The largest absolute Gasteiger partial charge is 0.477 e. The summed E-state index contributed by atoms with van der Waals surface area (Å²) in [5.41, 5.74) is 0.775. The van der Waals surface area contributed by atoms with Gasteiger partial charge in [0.25, 0.3) is 5.91 Å². The van der Waals surface area contributed by atoms with E-state index in [0.29, 0.717) is 12.3 Å². The smallest absolute Gasteiger partial charge is 0.265 e. The first-order valence-electron chi connectivity index (χ1n) is 10.3. The molecule has 0 saturated carbocycles. The number of ether oxygens (including phenoxy) is 1. The van der Waals surface area contributed by atoms with Crippen LogP contribution in [0.4, 0.5) is 5.69 Å². The van der Waals surface area contributed by atoms with Crippen LogP contribution in [0, 0.1) is 0 Å². The fraction of sp³-hybridized carbons (Fsp3) is 0.571. The molecule has 2 aliphatic heterocycles. The van der Waals surface area contributed by atoms with Crippen LogP contribution in [0.25, 0.3) is 0 Å². The zero-order valence-electron chi connectivity index (χ0n) is 17.1. The van der Waals surface area contributed by atoms with Crippen molar-refractivity contribution in [2.24, 2.45) is 0 Å². The zero-order valence-corrected chi connectivity index (χ0v) is 17.1. The molecule has 1 atom stereocenters. The summed E-state index contributed by atoms with van der Waals surface area (Å²) < 4.78 is 5.97. The third-order valence-corrected chi connectivity index (χ3v) is 5.03. The van der Waals surface area contributed by atoms with Crippen molar-refractivity contribution in [3.8, 4) is 5.75 Å². The topological polar surface area (TPSA) is 91.0 Å². The lowest BCUT2D eigenvalue weighted by atomic mass is 10.1. The van der Waals surface area contributed by atoms with Gasteiger partial charge in [-0.2, -0.15) is 0 Å². The van der Waals surface area contributed by atoms with E-state index >= 15 is 0 Å². The molecule has 3 amide bonds. The number of para-hydroxylation sites is 2. The molecule has 1 fully saturated rings. The lowest BCUT2D eigenvalue weighted by Crippen LogP contribution is -2.53. The first-order valence-corrected chi connectivity index (χ1v) is 10.3. The fourth-order valence-electron chi connectivity index (χ4n) is 3.68. The van der Waals surface area contributed by atoms with Crippen LogP contribution in [0.3, 0.4) is 0 Å². The molecular weight excluding hydrogens is 372 g/mol. The normalized spacial score (nSPS) is 18.7. The van der Waals surface area contributed by atoms with E-state index in [1.165, 1.54) is 0 Å². The van der Waals surface area contributed by atoms with Gasteiger partial charge in [-0.15, -0.1) is 0 Å². The van der Waals surface area contributed by atoms with Gasteiger partial charge in [-0.05, 0) is 45.2 Å². The number of amides is 3. The zero-order chi connectivity index (χ0) is 20.8. The molecule has 0 spiro atoms. The van der Waals surface area contributed by atoms with Gasteiger partial charge in [-0.3, -0.25) is 14.4 Å². The number of fused-ring (bicyclic) bond motifs is 1. The van der Waals surface area contributed by atoms with Crippen LogP contribution in [-0.4, -0.2) is 67.5 Å². The second kappa shape index (κ2) is 9.62. The standard InChI is InChI=1S/C21H30N4O4/c1-15(2)23-19(26)12-22-20(27)14-25-13-18(21(28)24-10-6-3-7-11-24)29-17-9-5-4-8-16(17)25/h4-5,8-9,15,18H,3,6-7,10-14H2,1-2H3,(H,22,27)(H,23,26)/t18-/m0/s1. The minimum Gasteiger partial charge on any atom is -0.477 e. The van der Waals surface area contributed by atoms with Gasteiger partial charge in [0.2, 0.25) is 11.8 Å². The van der Waals surface area contributed by atoms with Gasteiger partial charge in [0.15, 0.2) is 6.10 Å². The van der Waals surface area contributed by atoms with E-state index in [-0.39, 0.29) is 36.9 Å². The summed E-state index contributed by atoms with van der Waals surface area (Å²) >= 11 is 0. The molecular formula is C21H30N4O4. The quantitative estimate of drug-likeness (QED) is 0.738. The number of hydrogen-bond donors (Lipinski definition) is 2. The molecule has 8 heteroatoms. The van der Waals surface area contributed by atoms with Gasteiger partial charge in [-0.25, -0.2) is 0 Å². The maximum Gasteiger partial charge on any atom is 0.265 e. The van der Waals surface area contributed by atoms with E-state index in [9.17, 15) is 14.4 Å². The number of anilines is 1. The fourth-order valence-corrected chi connectivity index (χ4v) is 3.68. The van der Waals surface area contributed by atoms with E-state index < -0.39 is 6.10 Å². The van der Waals surface area contributed by atoms with Crippen molar-refractivity contribution in [1.82, 2.24) is 15.5 Å². The highest BCUT2D eigenvalue weighted by molar-refractivity contribution is 5.88. The Labute approximate surface area is 171 Å². The van der Waals surface area contributed by atoms with Crippen LogP contribution in [0.15, 0.2) is 24.3 Å². The summed E-state index contributed by atoms with van der Waals surface area (Å²) in [5.74, 6) is 0.0686. The van der Waals surface area contributed by atoms with Crippen molar-refractivity contribution in [3.05, 3.63) is 24.3 Å². The summed E-state index contributed by atoms with van der Waals surface area (Å²) in [6, 6.07) is 7.42. The predicted octanol–water partition coefficient (Wildman–Crippen LogP) is 0.907. The lowest BCUT2D eigenvalue weighted by Gasteiger charge is -2.38. The summed E-state index contributed by atoms with van der Waals surface area (Å²) in [6.45, 7) is 5.53. The van der Waals surface area contributed by atoms with E-state index in [4.69, 9.17) is 4.74 Å². The first kappa shape index (κ1) is 21.0. The van der Waals surface area contributed by atoms with Crippen LogP contribution in [0.5, 0.6) is 5.75 Å².